The van der Waals surface area contributed by atoms with E-state index in [9.17, 15) is 9.13 Å². The van der Waals surface area contributed by atoms with Crippen LogP contribution >= 0.6 is 14.3 Å². The summed E-state index contributed by atoms with van der Waals surface area (Å²) in [6, 6.07) is 37.1. The topological polar surface area (TPSA) is 52.6 Å². The highest BCUT2D eigenvalue weighted by Crippen LogP contribution is 2.42. The second-order valence-electron chi connectivity index (χ2n) is 8.48. The molecule has 0 saturated heterocycles. The van der Waals surface area contributed by atoms with Gasteiger partial charge in [0.15, 0.2) is 0 Å². The van der Waals surface area contributed by atoms with Gasteiger partial charge < -0.3 is 9.47 Å². The van der Waals surface area contributed by atoms with Crippen LogP contribution in [-0.2, 0) is 18.6 Å². The number of benzene rings is 4. The molecular formula is C34H28O4P2. The summed E-state index contributed by atoms with van der Waals surface area (Å²) in [6.07, 6.45) is 0. The zero-order valence-electron chi connectivity index (χ0n) is 21.9. The highest BCUT2D eigenvalue weighted by molar-refractivity contribution is 7.83. The molecule has 4 rings (SSSR count). The molecular weight excluding hydrogens is 534 g/mol. The summed E-state index contributed by atoms with van der Waals surface area (Å²) in [5.41, 5.74) is 5.92. The first-order chi connectivity index (χ1) is 19.6. The van der Waals surface area contributed by atoms with E-state index in [1.54, 1.807) is 0 Å². The van der Waals surface area contributed by atoms with Gasteiger partial charge in [0.2, 0.25) is 14.3 Å². The van der Waals surface area contributed by atoms with E-state index in [4.69, 9.17) is 9.47 Å². The molecule has 4 aromatic rings. The van der Waals surface area contributed by atoms with Crippen molar-refractivity contribution in [3.8, 4) is 35.0 Å². The third-order valence-corrected chi connectivity index (χ3v) is 10.8. The average molecular weight is 563 g/mol. The van der Waals surface area contributed by atoms with E-state index in [0.29, 0.717) is 21.2 Å². The summed E-state index contributed by atoms with van der Waals surface area (Å²) >= 11 is 0. The third kappa shape index (κ3) is 7.75. The van der Waals surface area contributed by atoms with Gasteiger partial charge in [0.05, 0.1) is 0 Å². The highest BCUT2D eigenvalue weighted by atomic mass is 31.2. The molecule has 6 heteroatoms. The molecule has 0 amide bonds. The van der Waals surface area contributed by atoms with Crippen molar-refractivity contribution < 1.29 is 18.6 Å². The third-order valence-electron chi connectivity index (χ3n) is 5.77. The molecule has 4 nitrogen and oxygen atoms in total. The molecule has 4 aromatic carbocycles. The SMILES string of the molecule is O=P(C#CCOCC#CCOCC#CP(=O)(c1ccccc1)c1ccccc1)(c1ccccc1)c1ccccc1. The van der Waals surface area contributed by atoms with Crippen molar-refractivity contribution in [2.24, 2.45) is 0 Å². The molecule has 0 aliphatic rings. The van der Waals surface area contributed by atoms with Gasteiger partial charge in [-0.05, 0) is 11.3 Å². The van der Waals surface area contributed by atoms with Gasteiger partial charge in [-0.15, -0.1) is 0 Å². The standard InChI is InChI=1S/C34H28O4P2/c35-39(31-17-5-1-6-18-31,32-19-7-2-8-20-32)29-15-27-37-25-13-14-26-38-28-16-30-40(36,33-21-9-3-10-22-33)34-23-11-4-12-24-34/h1-12,17-24H,25-28H2. The van der Waals surface area contributed by atoms with E-state index >= 15 is 0 Å². The lowest BCUT2D eigenvalue weighted by Crippen LogP contribution is -2.14. The molecule has 0 spiro atoms. The molecule has 0 aliphatic carbocycles. The Kier molecular flexibility index (Phi) is 10.8. The van der Waals surface area contributed by atoms with E-state index in [0.717, 1.165) is 0 Å². The fraction of sp³-hybridized carbons (Fsp3) is 0.118. The lowest BCUT2D eigenvalue weighted by molar-refractivity contribution is 0.198. The maximum atomic E-state index is 13.8. The van der Waals surface area contributed by atoms with Gasteiger partial charge in [-0.25, -0.2) is 0 Å². The highest BCUT2D eigenvalue weighted by Gasteiger charge is 2.25. The predicted octanol–water partition coefficient (Wildman–Crippen LogP) is 4.97. The van der Waals surface area contributed by atoms with Crippen LogP contribution in [-0.4, -0.2) is 26.4 Å². The lowest BCUT2D eigenvalue weighted by atomic mass is 10.4. The van der Waals surface area contributed by atoms with Crippen molar-refractivity contribution >= 4 is 35.5 Å². The number of hydrogen-bond donors (Lipinski definition) is 0. The zero-order chi connectivity index (χ0) is 27.9. The maximum Gasteiger partial charge on any atom is 0.210 e. The minimum absolute atomic E-state index is 0.110. The average Bonchev–Trinajstić information content (AvgIpc) is 3.03. The molecule has 0 bridgehead atoms. The van der Waals surface area contributed by atoms with Gasteiger partial charge in [0.25, 0.3) is 0 Å². The Bertz CT molecular complexity index is 1440. The summed E-state index contributed by atoms with van der Waals surface area (Å²) in [7, 11) is -6.17. The summed E-state index contributed by atoms with van der Waals surface area (Å²) in [4.78, 5) is 0. The Morgan fingerprint density at radius 1 is 0.400 bits per heavy atom. The van der Waals surface area contributed by atoms with E-state index < -0.39 is 14.3 Å². The summed E-state index contributed by atoms with van der Waals surface area (Å²) in [6.45, 7) is 0.557. The van der Waals surface area contributed by atoms with E-state index in [1.807, 2.05) is 121 Å². The number of hydrogen-bond acceptors (Lipinski definition) is 4. The fourth-order valence-corrected chi connectivity index (χ4v) is 7.86. The second kappa shape index (κ2) is 14.9. The fourth-order valence-electron chi connectivity index (χ4n) is 3.80. The van der Waals surface area contributed by atoms with Crippen molar-refractivity contribution in [3.63, 3.8) is 0 Å². The van der Waals surface area contributed by atoms with Crippen molar-refractivity contribution in [1.29, 1.82) is 0 Å². The van der Waals surface area contributed by atoms with Gasteiger partial charge in [-0.3, -0.25) is 9.13 Å². The van der Waals surface area contributed by atoms with Crippen molar-refractivity contribution in [1.82, 2.24) is 0 Å². The van der Waals surface area contributed by atoms with Crippen LogP contribution in [0.15, 0.2) is 121 Å². The Morgan fingerprint density at radius 3 is 0.925 bits per heavy atom. The lowest BCUT2D eigenvalue weighted by Gasteiger charge is -2.12. The smallest absolute Gasteiger partial charge is 0.210 e. The number of rotatable bonds is 8. The van der Waals surface area contributed by atoms with Crippen LogP contribution in [0.1, 0.15) is 0 Å². The second-order valence-corrected chi connectivity index (χ2v) is 13.4. The van der Waals surface area contributed by atoms with Crippen LogP contribution in [0, 0.1) is 35.0 Å². The maximum absolute atomic E-state index is 13.8. The first-order valence-corrected chi connectivity index (χ1v) is 16.1. The zero-order valence-corrected chi connectivity index (χ0v) is 23.7. The van der Waals surface area contributed by atoms with Crippen molar-refractivity contribution in [2.45, 2.75) is 0 Å². The van der Waals surface area contributed by atoms with Gasteiger partial charge >= 0.3 is 0 Å². The Balaban J connectivity index is 1.26. The molecule has 0 saturated carbocycles. The van der Waals surface area contributed by atoms with Gasteiger partial charge in [-0.1, -0.05) is 145 Å². The van der Waals surface area contributed by atoms with Crippen molar-refractivity contribution in [2.75, 3.05) is 26.4 Å². The quantitative estimate of drug-likeness (QED) is 0.173. The normalized spacial score (nSPS) is 10.7. The van der Waals surface area contributed by atoms with E-state index in [1.165, 1.54) is 0 Å². The molecule has 0 fully saturated rings. The molecule has 0 atom stereocenters. The van der Waals surface area contributed by atoms with E-state index in [-0.39, 0.29) is 26.4 Å². The van der Waals surface area contributed by atoms with Crippen LogP contribution < -0.4 is 21.2 Å². The molecule has 0 N–H and O–H groups in total. The summed E-state index contributed by atoms with van der Waals surface area (Å²) in [5.74, 6) is 11.5. The largest absolute Gasteiger partial charge is 0.356 e. The van der Waals surface area contributed by atoms with Gasteiger partial charge in [0.1, 0.15) is 26.4 Å². The molecule has 0 heterocycles. The first-order valence-electron chi connectivity index (χ1n) is 12.7. The van der Waals surface area contributed by atoms with Crippen LogP contribution in [0.5, 0.6) is 0 Å². The molecule has 0 unspecified atom stereocenters. The Hall–Kier alpha value is -4.06. The van der Waals surface area contributed by atoms with Crippen LogP contribution in [0.4, 0.5) is 0 Å². The summed E-state index contributed by atoms with van der Waals surface area (Å²) in [5, 5.41) is 2.77. The molecule has 40 heavy (non-hydrogen) atoms. The van der Waals surface area contributed by atoms with Crippen molar-refractivity contribution in [3.05, 3.63) is 121 Å². The summed E-state index contributed by atoms with van der Waals surface area (Å²) < 4.78 is 38.6. The minimum Gasteiger partial charge on any atom is -0.356 e. The Labute approximate surface area is 236 Å². The molecule has 0 radical (unpaired) electrons. The molecule has 0 aliphatic heterocycles. The molecule has 0 aromatic heterocycles. The van der Waals surface area contributed by atoms with Crippen LogP contribution in [0.2, 0.25) is 0 Å². The molecule has 198 valence electrons. The first kappa shape index (κ1) is 28.9. The van der Waals surface area contributed by atoms with E-state index in [2.05, 4.69) is 35.0 Å². The van der Waals surface area contributed by atoms with Gasteiger partial charge in [0, 0.05) is 21.2 Å². The van der Waals surface area contributed by atoms with Crippen LogP contribution in [0.3, 0.4) is 0 Å². The monoisotopic (exact) mass is 562 g/mol. The van der Waals surface area contributed by atoms with Crippen LogP contribution in [0.25, 0.3) is 0 Å². The van der Waals surface area contributed by atoms with Gasteiger partial charge in [-0.2, -0.15) is 0 Å². The predicted molar refractivity (Wildman–Crippen MR) is 164 cm³/mol. The Morgan fingerprint density at radius 2 is 0.650 bits per heavy atom. The number of ether oxygens (including phenoxy) is 2. The minimum atomic E-state index is -3.08.